The molecule has 3 rings (SSSR count). The van der Waals surface area contributed by atoms with Crippen LogP contribution in [0.15, 0.2) is 41.2 Å². The summed E-state index contributed by atoms with van der Waals surface area (Å²) in [5, 5.41) is 3.65. The van der Waals surface area contributed by atoms with E-state index in [4.69, 9.17) is 0 Å². The molecule has 5 heteroatoms. The fraction of sp³-hybridized carbons (Fsp3) is 0.211. The zero-order chi connectivity index (χ0) is 17.3. The van der Waals surface area contributed by atoms with Gasteiger partial charge in [0.15, 0.2) is 0 Å². The van der Waals surface area contributed by atoms with Crippen molar-refractivity contribution >= 4 is 16.8 Å². The van der Waals surface area contributed by atoms with E-state index in [1.807, 2.05) is 51.1 Å². The van der Waals surface area contributed by atoms with Crippen molar-refractivity contribution < 1.29 is 4.79 Å². The second-order valence-electron chi connectivity index (χ2n) is 5.95. The largest absolute Gasteiger partial charge is 0.348 e. The van der Waals surface area contributed by atoms with Crippen molar-refractivity contribution in [3.05, 3.63) is 74.8 Å². The van der Waals surface area contributed by atoms with Crippen LogP contribution in [-0.4, -0.2) is 15.9 Å². The van der Waals surface area contributed by atoms with Crippen molar-refractivity contribution in [2.24, 2.45) is 0 Å². The third-order valence-corrected chi connectivity index (χ3v) is 4.01. The molecule has 2 heterocycles. The highest BCUT2D eigenvalue weighted by atomic mass is 16.1. The second-order valence-corrected chi connectivity index (χ2v) is 5.95. The van der Waals surface area contributed by atoms with E-state index in [2.05, 4.69) is 15.3 Å². The van der Waals surface area contributed by atoms with E-state index in [0.29, 0.717) is 11.1 Å². The second kappa shape index (κ2) is 6.28. The van der Waals surface area contributed by atoms with Crippen molar-refractivity contribution in [3.8, 4) is 0 Å². The fourth-order valence-corrected chi connectivity index (χ4v) is 2.86. The van der Waals surface area contributed by atoms with Crippen molar-refractivity contribution in [2.75, 3.05) is 0 Å². The Morgan fingerprint density at radius 1 is 1.17 bits per heavy atom. The van der Waals surface area contributed by atoms with E-state index in [9.17, 15) is 9.59 Å². The highest BCUT2D eigenvalue weighted by Crippen LogP contribution is 2.18. The van der Waals surface area contributed by atoms with Gasteiger partial charge in [0.2, 0.25) is 0 Å². The van der Waals surface area contributed by atoms with Gasteiger partial charge < -0.3 is 10.3 Å². The van der Waals surface area contributed by atoms with Gasteiger partial charge in [-0.1, -0.05) is 18.2 Å². The molecule has 2 N–H and O–H groups in total. The van der Waals surface area contributed by atoms with Crippen molar-refractivity contribution in [1.29, 1.82) is 0 Å². The number of H-pyrrole nitrogens is 1. The molecule has 0 saturated carbocycles. The lowest BCUT2D eigenvalue weighted by Gasteiger charge is -2.10. The summed E-state index contributed by atoms with van der Waals surface area (Å²) in [4.78, 5) is 31.9. The number of hydrogen-bond acceptors (Lipinski definition) is 3. The lowest BCUT2D eigenvalue weighted by Crippen LogP contribution is -2.28. The zero-order valence-corrected chi connectivity index (χ0v) is 13.9. The zero-order valence-electron chi connectivity index (χ0n) is 13.9. The fourth-order valence-electron chi connectivity index (χ4n) is 2.86. The molecule has 0 aliphatic heterocycles. The summed E-state index contributed by atoms with van der Waals surface area (Å²) in [5.41, 5.74) is 4.22. The number of hydrogen-bond donors (Lipinski definition) is 2. The normalized spacial score (nSPS) is 10.8. The van der Waals surface area contributed by atoms with Crippen LogP contribution < -0.4 is 10.9 Å². The maximum atomic E-state index is 12.6. The van der Waals surface area contributed by atoms with Gasteiger partial charge in [0.25, 0.3) is 11.5 Å². The maximum Gasteiger partial charge on any atom is 0.253 e. The highest BCUT2D eigenvalue weighted by molar-refractivity contribution is 6.06. The van der Waals surface area contributed by atoms with Crippen LogP contribution in [-0.2, 0) is 6.54 Å². The van der Waals surface area contributed by atoms with Gasteiger partial charge in [0, 0.05) is 28.9 Å². The first-order chi connectivity index (χ1) is 11.5. The van der Waals surface area contributed by atoms with Crippen LogP contribution in [0.3, 0.4) is 0 Å². The van der Waals surface area contributed by atoms with Gasteiger partial charge in [-0.2, -0.15) is 0 Å². The van der Waals surface area contributed by atoms with Crippen LogP contribution in [0.5, 0.6) is 0 Å². The molecule has 0 unspecified atom stereocenters. The Balaban J connectivity index is 1.90. The molecular weight excluding hydrogens is 302 g/mol. The number of carbonyl (C=O) groups excluding carboxylic acids is 1. The van der Waals surface area contributed by atoms with E-state index >= 15 is 0 Å². The topological polar surface area (TPSA) is 74.8 Å². The Labute approximate surface area is 139 Å². The van der Waals surface area contributed by atoms with E-state index in [1.165, 1.54) is 0 Å². The summed E-state index contributed by atoms with van der Waals surface area (Å²) < 4.78 is 0. The Hall–Kier alpha value is -2.95. The Morgan fingerprint density at radius 2 is 1.92 bits per heavy atom. The van der Waals surface area contributed by atoms with Gasteiger partial charge in [-0.3, -0.25) is 14.6 Å². The number of benzene rings is 1. The first kappa shape index (κ1) is 15.9. The summed E-state index contributed by atoms with van der Waals surface area (Å²) in [5.74, 6) is -0.212. The molecule has 122 valence electrons. The maximum absolute atomic E-state index is 12.6. The number of fused-ring (bicyclic) bond motifs is 1. The molecule has 0 saturated heterocycles. The number of carbonyl (C=O) groups is 1. The van der Waals surface area contributed by atoms with Gasteiger partial charge in [-0.05, 0) is 44.5 Å². The molecule has 0 fully saturated rings. The number of nitrogens with one attached hydrogen (secondary N) is 2. The highest BCUT2D eigenvalue weighted by Gasteiger charge is 2.13. The standard InChI is InChI=1S/C19H19N3O2/c1-11-8-12(2)22-19(24)16(11)10-20-18(23)15-9-13(3)21-17-7-5-4-6-14(15)17/h4-9H,10H2,1-3H3,(H,20,23)(H,22,24). The van der Waals surface area contributed by atoms with E-state index in [0.717, 1.165) is 27.9 Å². The molecule has 2 aromatic heterocycles. The smallest absolute Gasteiger partial charge is 0.253 e. The van der Waals surface area contributed by atoms with Crippen molar-refractivity contribution in [3.63, 3.8) is 0 Å². The van der Waals surface area contributed by atoms with Crippen molar-refractivity contribution in [1.82, 2.24) is 15.3 Å². The minimum absolute atomic E-state index is 0.163. The van der Waals surface area contributed by atoms with Crippen LogP contribution in [0.4, 0.5) is 0 Å². The first-order valence-corrected chi connectivity index (χ1v) is 7.79. The number of rotatable bonds is 3. The molecule has 24 heavy (non-hydrogen) atoms. The van der Waals surface area contributed by atoms with Gasteiger partial charge >= 0.3 is 0 Å². The molecule has 0 aliphatic rings. The number of aromatic nitrogens is 2. The summed E-state index contributed by atoms with van der Waals surface area (Å²) >= 11 is 0. The quantitative estimate of drug-likeness (QED) is 0.779. The lowest BCUT2D eigenvalue weighted by atomic mass is 10.1. The van der Waals surface area contributed by atoms with Gasteiger partial charge in [0.1, 0.15) is 0 Å². The average molecular weight is 321 g/mol. The third kappa shape index (κ3) is 3.06. The molecular formula is C19H19N3O2. The average Bonchev–Trinajstić information content (AvgIpc) is 2.52. The van der Waals surface area contributed by atoms with Gasteiger partial charge in [0.05, 0.1) is 11.1 Å². The number of nitrogens with zero attached hydrogens (tertiary/aromatic N) is 1. The first-order valence-electron chi connectivity index (χ1n) is 7.79. The van der Waals surface area contributed by atoms with E-state index in [-0.39, 0.29) is 18.0 Å². The van der Waals surface area contributed by atoms with Gasteiger partial charge in [-0.15, -0.1) is 0 Å². The van der Waals surface area contributed by atoms with E-state index < -0.39 is 0 Å². The number of aromatic amines is 1. The van der Waals surface area contributed by atoms with Crippen LogP contribution in [0.1, 0.15) is 32.9 Å². The predicted octanol–water partition coefficient (Wildman–Crippen LogP) is 2.78. The van der Waals surface area contributed by atoms with Crippen LogP contribution >= 0.6 is 0 Å². The summed E-state index contributed by atoms with van der Waals surface area (Å²) in [7, 11) is 0. The minimum Gasteiger partial charge on any atom is -0.348 e. The minimum atomic E-state index is -0.212. The third-order valence-electron chi connectivity index (χ3n) is 4.01. The molecule has 1 aromatic carbocycles. The molecule has 0 atom stereocenters. The Kier molecular flexibility index (Phi) is 4.16. The molecule has 1 amide bonds. The van der Waals surface area contributed by atoms with Crippen LogP contribution in [0.2, 0.25) is 0 Å². The van der Waals surface area contributed by atoms with Crippen LogP contribution in [0, 0.1) is 20.8 Å². The molecule has 0 aliphatic carbocycles. The molecule has 3 aromatic rings. The number of pyridine rings is 2. The van der Waals surface area contributed by atoms with Crippen LogP contribution in [0.25, 0.3) is 10.9 Å². The van der Waals surface area contributed by atoms with Crippen molar-refractivity contribution in [2.45, 2.75) is 27.3 Å². The molecule has 5 nitrogen and oxygen atoms in total. The lowest BCUT2D eigenvalue weighted by molar-refractivity contribution is 0.0952. The number of aryl methyl sites for hydroxylation is 3. The Morgan fingerprint density at radius 3 is 2.67 bits per heavy atom. The predicted molar refractivity (Wildman–Crippen MR) is 94.2 cm³/mol. The number of amides is 1. The summed E-state index contributed by atoms with van der Waals surface area (Å²) in [6, 6.07) is 11.2. The number of para-hydroxylation sites is 1. The summed E-state index contributed by atoms with van der Waals surface area (Å²) in [6.07, 6.45) is 0. The summed E-state index contributed by atoms with van der Waals surface area (Å²) in [6.45, 7) is 5.76. The molecule has 0 radical (unpaired) electrons. The van der Waals surface area contributed by atoms with Gasteiger partial charge in [-0.25, -0.2) is 0 Å². The monoisotopic (exact) mass is 321 g/mol. The van der Waals surface area contributed by atoms with E-state index in [1.54, 1.807) is 6.07 Å². The Bertz CT molecular complexity index is 990. The SMILES string of the molecule is Cc1cc(C(=O)NCc2c(C)cc(C)[nH]c2=O)c2ccccc2n1. The molecule has 0 spiro atoms. The molecule has 0 bridgehead atoms.